The summed E-state index contributed by atoms with van der Waals surface area (Å²) in [5.74, 6) is 0. The van der Waals surface area contributed by atoms with E-state index >= 15 is 0 Å². The van der Waals surface area contributed by atoms with Crippen molar-refractivity contribution in [2.24, 2.45) is 0 Å². The van der Waals surface area contributed by atoms with E-state index in [1.807, 2.05) is 27.7 Å². The summed E-state index contributed by atoms with van der Waals surface area (Å²) in [7, 11) is -3.39. The van der Waals surface area contributed by atoms with Gasteiger partial charge < -0.3 is 4.90 Å². The van der Waals surface area contributed by atoms with Crippen LogP contribution in [0.2, 0.25) is 0 Å². The highest BCUT2D eigenvalue weighted by molar-refractivity contribution is 7.89. The van der Waals surface area contributed by atoms with E-state index in [0.717, 1.165) is 48.3 Å². The van der Waals surface area contributed by atoms with Crippen LogP contribution in [0.3, 0.4) is 0 Å². The SMILES string of the molecule is CCC[NH+]1CCN(S(=O)(=O)c2c(C)c(C)cc(C)c2C)CC1. The Morgan fingerprint density at radius 2 is 1.55 bits per heavy atom. The molecule has 0 radical (unpaired) electrons. The molecule has 0 unspecified atom stereocenters. The fourth-order valence-electron chi connectivity index (χ4n) is 3.34. The molecule has 0 aromatic heterocycles. The summed E-state index contributed by atoms with van der Waals surface area (Å²) in [6, 6.07) is 2.08. The van der Waals surface area contributed by atoms with E-state index in [9.17, 15) is 8.42 Å². The Balaban J connectivity index is 2.33. The van der Waals surface area contributed by atoms with Gasteiger partial charge in [-0.15, -0.1) is 0 Å². The number of nitrogens with one attached hydrogen (secondary N) is 1. The maximum atomic E-state index is 13.1. The number of aryl methyl sites for hydroxylation is 2. The van der Waals surface area contributed by atoms with Crippen molar-refractivity contribution >= 4 is 10.0 Å². The summed E-state index contributed by atoms with van der Waals surface area (Å²) < 4.78 is 27.9. The molecule has 1 aliphatic heterocycles. The number of hydrogen-bond acceptors (Lipinski definition) is 2. The second-order valence-electron chi connectivity index (χ2n) is 6.49. The molecular formula is C17H29N2O2S+. The smallest absolute Gasteiger partial charge is 0.244 e. The quantitative estimate of drug-likeness (QED) is 0.904. The maximum Gasteiger partial charge on any atom is 0.244 e. The van der Waals surface area contributed by atoms with E-state index in [0.29, 0.717) is 18.0 Å². The van der Waals surface area contributed by atoms with E-state index < -0.39 is 10.0 Å². The normalized spacial score (nSPS) is 17.9. The average molecular weight is 325 g/mol. The van der Waals surface area contributed by atoms with Crippen LogP contribution in [0, 0.1) is 27.7 Å². The van der Waals surface area contributed by atoms with Crippen molar-refractivity contribution in [1.82, 2.24) is 4.31 Å². The van der Waals surface area contributed by atoms with Crippen LogP contribution in [0.15, 0.2) is 11.0 Å². The molecule has 1 aromatic rings. The van der Waals surface area contributed by atoms with E-state index in [1.54, 1.807) is 4.31 Å². The minimum atomic E-state index is -3.39. The molecule has 2 rings (SSSR count). The van der Waals surface area contributed by atoms with E-state index in [-0.39, 0.29) is 0 Å². The van der Waals surface area contributed by atoms with Crippen molar-refractivity contribution in [3.05, 3.63) is 28.3 Å². The molecule has 1 saturated heterocycles. The number of nitrogens with zero attached hydrogens (tertiary/aromatic N) is 1. The van der Waals surface area contributed by atoms with Crippen molar-refractivity contribution in [2.45, 2.75) is 45.9 Å². The van der Waals surface area contributed by atoms with Gasteiger partial charge in [0.15, 0.2) is 0 Å². The first-order valence-electron chi connectivity index (χ1n) is 8.20. The number of rotatable bonds is 4. The largest absolute Gasteiger partial charge is 0.333 e. The molecule has 1 fully saturated rings. The molecule has 0 atom stereocenters. The van der Waals surface area contributed by atoms with Gasteiger partial charge >= 0.3 is 0 Å². The molecule has 0 saturated carbocycles. The first-order chi connectivity index (χ1) is 10.3. The minimum Gasteiger partial charge on any atom is -0.333 e. The Labute approximate surface area is 135 Å². The number of piperazine rings is 1. The molecule has 1 N–H and O–H groups in total. The van der Waals surface area contributed by atoms with E-state index in [4.69, 9.17) is 0 Å². The Morgan fingerprint density at radius 3 is 2.00 bits per heavy atom. The number of sulfonamides is 1. The van der Waals surface area contributed by atoms with Gasteiger partial charge in [0.1, 0.15) is 0 Å². The monoisotopic (exact) mass is 325 g/mol. The van der Waals surface area contributed by atoms with Crippen LogP contribution >= 0.6 is 0 Å². The first kappa shape index (κ1) is 17.4. The lowest BCUT2D eigenvalue weighted by Crippen LogP contribution is -3.14. The van der Waals surface area contributed by atoms with Gasteiger partial charge in [-0.05, 0) is 56.4 Å². The second kappa shape index (κ2) is 6.69. The molecular weight excluding hydrogens is 296 g/mol. The maximum absolute atomic E-state index is 13.1. The summed E-state index contributed by atoms with van der Waals surface area (Å²) in [5.41, 5.74) is 3.90. The lowest BCUT2D eigenvalue weighted by atomic mass is 10.0. The minimum absolute atomic E-state index is 0.531. The Hall–Kier alpha value is -0.910. The van der Waals surface area contributed by atoms with Crippen LogP contribution in [0.5, 0.6) is 0 Å². The molecule has 1 aromatic carbocycles. The van der Waals surface area contributed by atoms with Crippen molar-refractivity contribution in [3.8, 4) is 0 Å². The first-order valence-corrected chi connectivity index (χ1v) is 9.64. The zero-order valence-corrected chi connectivity index (χ0v) is 15.3. The summed E-state index contributed by atoms with van der Waals surface area (Å²) in [5, 5.41) is 0. The van der Waals surface area contributed by atoms with Gasteiger partial charge in [-0.3, -0.25) is 0 Å². The van der Waals surface area contributed by atoms with Gasteiger partial charge in [0.2, 0.25) is 10.0 Å². The summed E-state index contributed by atoms with van der Waals surface area (Å²) >= 11 is 0. The van der Waals surface area contributed by atoms with Crippen LogP contribution in [0.1, 0.15) is 35.6 Å². The topological polar surface area (TPSA) is 41.8 Å². The average Bonchev–Trinajstić information content (AvgIpc) is 2.46. The number of benzene rings is 1. The van der Waals surface area contributed by atoms with Crippen LogP contribution < -0.4 is 4.90 Å². The molecule has 0 spiro atoms. The van der Waals surface area contributed by atoms with E-state index in [2.05, 4.69) is 13.0 Å². The molecule has 0 bridgehead atoms. The third-order valence-corrected chi connectivity index (χ3v) is 7.10. The predicted molar refractivity (Wildman–Crippen MR) is 90.0 cm³/mol. The van der Waals surface area contributed by atoms with Crippen molar-refractivity contribution in [2.75, 3.05) is 32.7 Å². The van der Waals surface area contributed by atoms with Gasteiger partial charge in [-0.25, -0.2) is 8.42 Å². The standard InChI is InChI=1S/C17H28N2O2S/c1-6-7-18-8-10-19(11-9-18)22(20,21)17-15(4)13(2)12-14(3)16(17)5/h12H,6-11H2,1-5H3/p+1. The zero-order valence-electron chi connectivity index (χ0n) is 14.5. The highest BCUT2D eigenvalue weighted by atomic mass is 32.2. The van der Waals surface area contributed by atoms with Crippen LogP contribution in [-0.2, 0) is 10.0 Å². The summed E-state index contributed by atoms with van der Waals surface area (Å²) in [4.78, 5) is 2.05. The molecule has 1 aliphatic rings. The molecule has 22 heavy (non-hydrogen) atoms. The number of hydrogen-bond donors (Lipinski definition) is 1. The van der Waals surface area contributed by atoms with Crippen molar-refractivity contribution in [1.29, 1.82) is 0 Å². The van der Waals surface area contributed by atoms with Crippen LogP contribution in [0.25, 0.3) is 0 Å². The fourth-order valence-corrected chi connectivity index (χ4v) is 5.36. The van der Waals surface area contributed by atoms with Crippen molar-refractivity contribution in [3.63, 3.8) is 0 Å². The van der Waals surface area contributed by atoms with Crippen molar-refractivity contribution < 1.29 is 13.3 Å². The Morgan fingerprint density at radius 1 is 1.05 bits per heavy atom. The highest BCUT2D eigenvalue weighted by Gasteiger charge is 2.32. The molecule has 0 amide bonds. The third-order valence-electron chi connectivity index (χ3n) is 4.93. The number of quaternary nitrogens is 1. The predicted octanol–water partition coefficient (Wildman–Crippen LogP) is 1.22. The second-order valence-corrected chi connectivity index (χ2v) is 8.37. The van der Waals surface area contributed by atoms with Gasteiger partial charge in [-0.2, -0.15) is 4.31 Å². The van der Waals surface area contributed by atoms with Gasteiger partial charge in [-0.1, -0.05) is 13.0 Å². The molecule has 4 nitrogen and oxygen atoms in total. The molecule has 1 heterocycles. The lowest BCUT2D eigenvalue weighted by molar-refractivity contribution is -0.903. The zero-order chi connectivity index (χ0) is 16.5. The third kappa shape index (κ3) is 3.21. The van der Waals surface area contributed by atoms with Gasteiger partial charge in [0.25, 0.3) is 0 Å². The van der Waals surface area contributed by atoms with Crippen LogP contribution in [-0.4, -0.2) is 45.4 Å². The lowest BCUT2D eigenvalue weighted by Gasteiger charge is -2.32. The Bertz CT molecular complexity index is 619. The fraction of sp³-hybridized carbons (Fsp3) is 0.647. The molecule has 124 valence electrons. The van der Waals surface area contributed by atoms with E-state index in [1.165, 1.54) is 4.90 Å². The molecule has 0 aliphatic carbocycles. The Kier molecular flexibility index (Phi) is 5.30. The summed E-state index contributed by atoms with van der Waals surface area (Å²) in [6.07, 6.45) is 1.15. The van der Waals surface area contributed by atoms with Crippen LogP contribution in [0.4, 0.5) is 0 Å². The summed E-state index contributed by atoms with van der Waals surface area (Å²) in [6.45, 7) is 14.2. The highest BCUT2D eigenvalue weighted by Crippen LogP contribution is 2.28. The van der Waals surface area contributed by atoms with Gasteiger partial charge in [0, 0.05) is 0 Å². The van der Waals surface area contributed by atoms with Gasteiger partial charge in [0.05, 0.1) is 37.6 Å². The molecule has 5 heteroatoms.